The van der Waals surface area contributed by atoms with Crippen LogP contribution < -0.4 is 0 Å². The molecule has 1 unspecified atom stereocenters. The first-order valence-corrected chi connectivity index (χ1v) is 5.25. The summed E-state index contributed by atoms with van der Waals surface area (Å²) in [7, 11) is 0. The van der Waals surface area contributed by atoms with Crippen LogP contribution in [0.5, 0.6) is 0 Å². The minimum absolute atomic E-state index is 0.0281. The Hall–Kier alpha value is -0.580. The number of carbonyl (C=O) groups excluding carboxylic acids is 2. The fraction of sp³-hybridized carbons (Fsp3) is 0.778. The van der Waals surface area contributed by atoms with Gasteiger partial charge in [-0.3, -0.25) is 9.59 Å². The van der Waals surface area contributed by atoms with E-state index < -0.39 is 16.3 Å². The van der Waals surface area contributed by atoms with E-state index in [0.29, 0.717) is 13.2 Å². The summed E-state index contributed by atoms with van der Waals surface area (Å²) in [6.45, 7) is 5.62. The molecule has 0 aliphatic heterocycles. The van der Waals surface area contributed by atoms with Crippen LogP contribution in [0.3, 0.4) is 0 Å². The monoisotopic (exact) mass is 266 g/mol. The zero-order valence-electron chi connectivity index (χ0n) is 8.63. The van der Waals surface area contributed by atoms with Crippen molar-refractivity contribution in [1.82, 2.24) is 0 Å². The van der Waals surface area contributed by atoms with Gasteiger partial charge in [-0.2, -0.15) is 0 Å². The summed E-state index contributed by atoms with van der Waals surface area (Å²) in [5.74, 6) is -0.868. The predicted molar refractivity (Wildman–Crippen MR) is 55.2 cm³/mol. The fourth-order valence-electron chi connectivity index (χ4n) is 0.837. The number of carbonyl (C=O) groups is 2. The summed E-state index contributed by atoms with van der Waals surface area (Å²) in [5.41, 5.74) is 0. The van der Waals surface area contributed by atoms with Crippen molar-refractivity contribution >= 4 is 27.9 Å². The van der Waals surface area contributed by atoms with Gasteiger partial charge in [0.15, 0.2) is 0 Å². The molecule has 0 rings (SSSR count). The molecule has 0 aliphatic rings. The number of esters is 2. The largest absolute Gasteiger partial charge is 0.466 e. The SMILES string of the molecule is CCOC(=O)CC(C)(Br)C(=O)OCC. The zero-order valence-corrected chi connectivity index (χ0v) is 10.2. The van der Waals surface area contributed by atoms with Crippen molar-refractivity contribution in [3.63, 3.8) is 0 Å². The lowest BCUT2D eigenvalue weighted by Crippen LogP contribution is -2.33. The van der Waals surface area contributed by atoms with Gasteiger partial charge in [0.05, 0.1) is 19.6 Å². The van der Waals surface area contributed by atoms with Crippen LogP contribution in [0, 0.1) is 0 Å². The second-order valence-electron chi connectivity index (χ2n) is 2.90. The van der Waals surface area contributed by atoms with E-state index in [2.05, 4.69) is 15.9 Å². The molecule has 0 saturated carbocycles. The van der Waals surface area contributed by atoms with Crippen molar-refractivity contribution in [2.75, 3.05) is 13.2 Å². The maximum absolute atomic E-state index is 11.3. The molecular weight excluding hydrogens is 252 g/mol. The average Bonchev–Trinajstić information content (AvgIpc) is 2.03. The molecule has 0 aromatic carbocycles. The van der Waals surface area contributed by atoms with Crippen molar-refractivity contribution in [2.45, 2.75) is 31.5 Å². The maximum atomic E-state index is 11.3. The van der Waals surface area contributed by atoms with Crippen LogP contribution in [-0.4, -0.2) is 29.5 Å². The minimum Gasteiger partial charge on any atom is -0.466 e. The van der Waals surface area contributed by atoms with Gasteiger partial charge in [0.2, 0.25) is 0 Å². The molecule has 1 atom stereocenters. The molecule has 0 heterocycles. The Morgan fingerprint density at radius 1 is 1.21 bits per heavy atom. The number of hydrogen-bond donors (Lipinski definition) is 0. The second kappa shape index (κ2) is 6.01. The Balaban J connectivity index is 4.18. The molecule has 0 radical (unpaired) electrons. The third-order valence-corrected chi connectivity index (χ3v) is 2.09. The van der Waals surface area contributed by atoms with E-state index in [1.807, 2.05) is 0 Å². The number of rotatable bonds is 5. The molecule has 0 aliphatic carbocycles. The molecule has 0 spiro atoms. The zero-order chi connectivity index (χ0) is 11.2. The van der Waals surface area contributed by atoms with Crippen LogP contribution in [0.1, 0.15) is 27.2 Å². The summed E-state index contributed by atoms with van der Waals surface area (Å²) in [6.07, 6.45) is -0.0281. The van der Waals surface area contributed by atoms with Crippen LogP contribution in [0.4, 0.5) is 0 Å². The number of hydrogen-bond acceptors (Lipinski definition) is 4. The third-order valence-electron chi connectivity index (χ3n) is 1.48. The first kappa shape index (κ1) is 13.4. The molecule has 0 N–H and O–H groups in total. The molecule has 0 aromatic heterocycles. The van der Waals surface area contributed by atoms with Crippen molar-refractivity contribution in [2.24, 2.45) is 0 Å². The number of alkyl halides is 1. The van der Waals surface area contributed by atoms with Crippen LogP contribution >= 0.6 is 15.9 Å². The van der Waals surface area contributed by atoms with Crippen LogP contribution in [0.15, 0.2) is 0 Å². The summed E-state index contributed by atoms with van der Waals surface area (Å²) in [6, 6.07) is 0. The lowest BCUT2D eigenvalue weighted by Gasteiger charge is -2.18. The molecular formula is C9H15BrO4. The van der Waals surface area contributed by atoms with E-state index in [9.17, 15) is 9.59 Å². The van der Waals surface area contributed by atoms with E-state index in [1.165, 1.54) is 0 Å². The molecule has 0 aromatic rings. The molecule has 0 bridgehead atoms. The van der Waals surface area contributed by atoms with Gasteiger partial charge in [0.1, 0.15) is 4.32 Å². The molecule has 82 valence electrons. The molecule has 0 saturated heterocycles. The van der Waals surface area contributed by atoms with Crippen molar-refractivity contribution in [1.29, 1.82) is 0 Å². The summed E-state index contributed by atoms with van der Waals surface area (Å²) >= 11 is 3.14. The highest BCUT2D eigenvalue weighted by Gasteiger charge is 2.34. The second-order valence-corrected chi connectivity index (χ2v) is 4.65. The Morgan fingerprint density at radius 2 is 1.71 bits per heavy atom. The maximum Gasteiger partial charge on any atom is 0.323 e. The quantitative estimate of drug-likeness (QED) is 0.561. The van der Waals surface area contributed by atoms with E-state index in [0.717, 1.165) is 0 Å². The van der Waals surface area contributed by atoms with E-state index in [-0.39, 0.29) is 6.42 Å². The fourth-order valence-corrected chi connectivity index (χ4v) is 1.18. The summed E-state index contributed by atoms with van der Waals surface area (Å²) in [5, 5.41) is 0. The highest BCUT2D eigenvalue weighted by molar-refractivity contribution is 9.10. The molecule has 0 amide bonds. The van der Waals surface area contributed by atoms with Gasteiger partial charge >= 0.3 is 11.9 Å². The summed E-state index contributed by atoms with van der Waals surface area (Å²) in [4.78, 5) is 22.4. The standard InChI is InChI=1S/C9H15BrO4/c1-4-13-7(11)6-9(3,10)8(12)14-5-2/h4-6H2,1-3H3. The topological polar surface area (TPSA) is 52.6 Å². The lowest BCUT2D eigenvalue weighted by atomic mass is 10.1. The smallest absolute Gasteiger partial charge is 0.323 e. The van der Waals surface area contributed by atoms with Gasteiger partial charge < -0.3 is 9.47 Å². The van der Waals surface area contributed by atoms with E-state index in [1.54, 1.807) is 20.8 Å². The molecule has 4 nitrogen and oxygen atoms in total. The Bertz CT molecular complexity index is 213. The van der Waals surface area contributed by atoms with E-state index >= 15 is 0 Å². The van der Waals surface area contributed by atoms with Crippen LogP contribution in [0.25, 0.3) is 0 Å². The third kappa shape index (κ3) is 4.60. The first-order valence-electron chi connectivity index (χ1n) is 4.45. The Labute approximate surface area is 92.1 Å². The van der Waals surface area contributed by atoms with Gasteiger partial charge in [0.25, 0.3) is 0 Å². The highest BCUT2D eigenvalue weighted by Crippen LogP contribution is 2.24. The number of halogens is 1. The van der Waals surface area contributed by atoms with Gasteiger partial charge in [-0.15, -0.1) is 0 Å². The van der Waals surface area contributed by atoms with Gasteiger partial charge in [-0.05, 0) is 20.8 Å². The van der Waals surface area contributed by atoms with Crippen LogP contribution in [0.2, 0.25) is 0 Å². The Kier molecular flexibility index (Phi) is 5.76. The van der Waals surface area contributed by atoms with Gasteiger partial charge in [0, 0.05) is 0 Å². The lowest BCUT2D eigenvalue weighted by molar-refractivity contribution is -0.152. The molecule has 0 fully saturated rings. The predicted octanol–water partition coefficient (Wildman–Crippen LogP) is 1.66. The van der Waals surface area contributed by atoms with Crippen LogP contribution in [-0.2, 0) is 19.1 Å². The normalized spacial score (nSPS) is 14.3. The van der Waals surface area contributed by atoms with Crippen molar-refractivity contribution in [3.05, 3.63) is 0 Å². The Morgan fingerprint density at radius 3 is 2.14 bits per heavy atom. The molecule has 14 heavy (non-hydrogen) atoms. The van der Waals surface area contributed by atoms with Gasteiger partial charge in [-0.1, -0.05) is 15.9 Å². The first-order chi connectivity index (χ1) is 6.44. The minimum atomic E-state index is -0.991. The summed E-state index contributed by atoms with van der Waals surface area (Å²) < 4.78 is 8.53. The molecule has 5 heteroatoms. The van der Waals surface area contributed by atoms with Crippen molar-refractivity contribution < 1.29 is 19.1 Å². The average molecular weight is 267 g/mol. The number of ether oxygens (including phenoxy) is 2. The van der Waals surface area contributed by atoms with Gasteiger partial charge in [-0.25, -0.2) is 0 Å². The van der Waals surface area contributed by atoms with Crippen molar-refractivity contribution in [3.8, 4) is 0 Å². The van der Waals surface area contributed by atoms with E-state index in [4.69, 9.17) is 9.47 Å². The highest BCUT2D eigenvalue weighted by atomic mass is 79.9.